The number of likely N-dealkylation sites (N-methyl/N-ethyl adjacent to an activating group) is 2. The molecule has 1 aliphatic heterocycles. The van der Waals surface area contributed by atoms with Crippen LogP contribution in [0.5, 0.6) is 0 Å². The van der Waals surface area contributed by atoms with Crippen LogP contribution in [0.2, 0.25) is 0 Å². The van der Waals surface area contributed by atoms with Crippen LogP contribution in [0.1, 0.15) is 30.9 Å². The maximum absolute atomic E-state index is 3.24. The highest BCUT2D eigenvalue weighted by molar-refractivity contribution is 5.25. The summed E-state index contributed by atoms with van der Waals surface area (Å²) in [5, 5.41) is 3.24. The van der Waals surface area contributed by atoms with E-state index < -0.39 is 0 Å². The standard InChI is InChI=1S/C17H29N3/c1-14(11-18-3)17-7-5-16(6-8-17)13-20-10-9-19(4)12-15(20)2/h5-8,14-15,18H,9-13H2,1-4H3. The van der Waals surface area contributed by atoms with Gasteiger partial charge >= 0.3 is 0 Å². The van der Waals surface area contributed by atoms with Crippen LogP contribution in [0.4, 0.5) is 0 Å². The van der Waals surface area contributed by atoms with E-state index in [1.165, 1.54) is 30.8 Å². The number of piperazine rings is 1. The number of hydrogen-bond acceptors (Lipinski definition) is 3. The molecule has 0 spiro atoms. The lowest BCUT2D eigenvalue weighted by molar-refractivity contribution is 0.0938. The number of hydrogen-bond donors (Lipinski definition) is 1. The zero-order valence-electron chi connectivity index (χ0n) is 13.4. The molecule has 3 nitrogen and oxygen atoms in total. The maximum atomic E-state index is 3.24. The summed E-state index contributed by atoms with van der Waals surface area (Å²) >= 11 is 0. The van der Waals surface area contributed by atoms with Gasteiger partial charge in [0.1, 0.15) is 0 Å². The highest BCUT2D eigenvalue weighted by Crippen LogP contribution is 2.17. The number of nitrogens with one attached hydrogen (secondary N) is 1. The second kappa shape index (κ2) is 7.21. The molecule has 1 heterocycles. The van der Waals surface area contributed by atoms with Crippen molar-refractivity contribution < 1.29 is 0 Å². The normalized spacial score (nSPS) is 22.9. The second-order valence-electron chi connectivity index (χ2n) is 6.28. The number of rotatable bonds is 5. The van der Waals surface area contributed by atoms with Gasteiger partial charge in [0.2, 0.25) is 0 Å². The smallest absolute Gasteiger partial charge is 0.0237 e. The molecule has 2 unspecified atom stereocenters. The predicted molar refractivity (Wildman–Crippen MR) is 86.2 cm³/mol. The van der Waals surface area contributed by atoms with E-state index in [4.69, 9.17) is 0 Å². The molecule has 1 saturated heterocycles. The van der Waals surface area contributed by atoms with Gasteiger partial charge in [-0.25, -0.2) is 0 Å². The quantitative estimate of drug-likeness (QED) is 0.888. The molecule has 1 fully saturated rings. The Bertz CT molecular complexity index is 401. The summed E-state index contributed by atoms with van der Waals surface area (Å²) in [4.78, 5) is 5.01. The average Bonchev–Trinajstić information content (AvgIpc) is 2.43. The van der Waals surface area contributed by atoms with Gasteiger partial charge < -0.3 is 10.2 Å². The van der Waals surface area contributed by atoms with Crippen molar-refractivity contribution in [2.45, 2.75) is 32.4 Å². The molecule has 0 bridgehead atoms. The van der Waals surface area contributed by atoms with Crippen LogP contribution in [-0.2, 0) is 6.54 Å². The molecule has 0 saturated carbocycles. The van der Waals surface area contributed by atoms with Crippen molar-refractivity contribution in [2.24, 2.45) is 0 Å². The zero-order valence-corrected chi connectivity index (χ0v) is 13.4. The summed E-state index contributed by atoms with van der Waals surface area (Å²) in [5.41, 5.74) is 2.86. The van der Waals surface area contributed by atoms with Crippen molar-refractivity contribution in [3.63, 3.8) is 0 Å². The first-order chi connectivity index (χ1) is 9.60. The summed E-state index contributed by atoms with van der Waals surface area (Å²) in [6.45, 7) is 10.3. The lowest BCUT2D eigenvalue weighted by Gasteiger charge is -2.38. The Labute approximate surface area is 124 Å². The summed E-state index contributed by atoms with van der Waals surface area (Å²) in [6, 6.07) is 9.83. The van der Waals surface area contributed by atoms with Crippen molar-refractivity contribution in [3.05, 3.63) is 35.4 Å². The first-order valence-corrected chi connectivity index (χ1v) is 7.76. The molecule has 20 heavy (non-hydrogen) atoms. The Morgan fingerprint density at radius 1 is 1.25 bits per heavy atom. The fourth-order valence-corrected chi connectivity index (χ4v) is 3.02. The molecule has 0 aromatic heterocycles. The van der Waals surface area contributed by atoms with E-state index in [2.05, 4.69) is 60.3 Å². The minimum absolute atomic E-state index is 0.580. The summed E-state index contributed by atoms with van der Waals surface area (Å²) < 4.78 is 0. The molecule has 1 aromatic carbocycles. The average molecular weight is 275 g/mol. The molecule has 2 atom stereocenters. The lowest BCUT2D eigenvalue weighted by atomic mass is 9.99. The Kier molecular flexibility index (Phi) is 5.58. The Morgan fingerprint density at radius 3 is 2.55 bits per heavy atom. The minimum Gasteiger partial charge on any atom is -0.319 e. The summed E-state index contributed by atoms with van der Waals surface area (Å²) in [5.74, 6) is 0.580. The molecule has 1 N–H and O–H groups in total. The van der Waals surface area contributed by atoms with Gasteiger partial charge in [-0.1, -0.05) is 31.2 Å². The number of nitrogens with zero attached hydrogens (tertiary/aromatic N) is 2. The topological polar surface area (TPSA) is 18.5 Å². The van der Waals surface area contributed by atoms with Gasteiger partial charge in [-0.05, 0) is 38.1 Å². The molecule has 2 rings (SSSR count). The van der Waals surface area contributed by atoms with Crippen LogP contribution < -0.4 is 5.32 Å². The van der Waals surface area contributed by atoms with E-state index >= 15 is 0 Å². The molecule has 3 heteroatoms. The van der Waals surface area contributed by atoms with Gasteiger partial charge in [0.25, 0.3) is 0 Å². The van der Waals surface area contributed by atoms with Gasteiger partial charge in [-0.3, -0.25) is 4.90 Å². The van der Waals surface area contributed by atoms with E-state index in [-0.39, 0.29) is 0 Å². The van der Waals surface area contributed by atoms with Crippen molar-refractivity contribution in [2.75, 3.05) is 40.3 Å². The van der Waals surface area contributed by atoms with Crippen LogP contribution >= 0.6 is 0 Å². The van der Waals surface area contributed by atoms with Gasteiger partial charge in [-0.2, -0.15) is 0 Å². The van der Waals surface area contributed by atoms with E-state index in [1.807, 2.05) is 7.05 Å². The van der Waals surface area contributed by atoms with Crippen molar-refractivity contribution in [1.82, 2.24) is 15.1 Å². The van der Waals surface area contributed by atoms with Crippen molar-refractivity contribution in [1.29, 1.82) is 0 Å². The van der Waals surface area contributed by atoms with Crippen molar-refractivity contribution >= 4 is 0 Å². The minimum atomic E-state index is 0.580. The van der Waals surface area contributed by atoms with Gasteiger partial charge in [-0.15, -0.1) is 0 Å². The fraction of sp³-hybridized carbons (Fsp3) is 0.647. The SMILES string of the molecule is CNCC(C)c1ccc(CN2CCN(C)CC2C)cc1. The third kappa shape index (κ3) is 4.05. The van der Waals surface area contributed by atoms with Crippen molar-refractivity contribution in [3.8, 4) is 0 Å². The van der Waals surface area contributed by atoms with Gasteiger partial charge in [0, 0.05) is 38.8 Å². The molecular weight excluding hydrogens is 246 g/mol. The Hall–Kier alpha value is -0.900. The molecular formula is C17H29N3. The van der Waals surface area contributed by atoms with Gasteiger partial charge in [0.15, 0.2) is 0 Å². The van der Waals surface area contributed by atoms with Crippen LogP contribution in [0.15, 0.2) is 24.3 Å². The monoisotopic (exact) mass is 275 g/mol. The van der Waals surface area contributed by atoms with Crippen LogP contribution in [0.25, 0.3) is 0 Å². The lowest BCUT2D eigenvalue weighted by Crippen LogP contribution is -2.49. The van der Waals surface area contributed by atoms with E-state index in [1.54, 1.807) is 0 Å². The van der Waals surface area contributed by atoms with Crippen LogP contribution in [0.3, 0.4) is 0 Å². The highest BCUT2D eigenvalue weighted by Gasteiger charge is 2.21. The highest BCUT2D eigenvalue weighted by atomic mass is 15.3. The van der Waals surface area contributed by atoms with E-state index in [0.717, 1.165) is 13.1 Å². The Balaban J connectivity index is 1.93. The molecule has 1 aromatic rings. The third-order valence-electron chi connectivity index (χ3n) is 4.41. The van der Waals surface area contributed by atoms with E-state index in [9.17, 15) is 0 Å². The first kappa shape index (κ1) is 15.5. The Morgan fingerprint density at radius 2 is 1.95 bits per heavy atom. The molecule has 0 aliphatic carbocycles. The molecule has 0 radical (unpaired) electrons. The third-order valence-corrected chi connectivity index (χ3v) is 4.41. The molecule has 112 valence electrons. The summed E-state index contributed by atoms with van der Waals surface area (Å²) in [6.07, 6.45) is 0. The van der Waals surface area contributed by atoms with Gasteiger partial charge in [0.05, 0.1) is 0 Å². The fourth-order valence-electron chi connectivity index (χ4n) is 3.02. The second-order valence-corrected chi connectivity index (χ2v) is 6.28. The largest absolute Gasteiger partial charge is 0.319 e. The summed E-state index contributed by atoms with van der Waals surface area (Å²) in [7, 11) is 4.23. The maximum Gasteiger partial charge on any atom is 0.0237 e. The zero-order chi connectivity index (χ0) is 14.5. The van der Waals surface area contributed by atoms with Crippen LogP contribution in [0, 0.1) is 0 Å². The molecule has 1 aliphatic rings. The van der Waals surface area contributed by atoms with Crippen LogP contribution in [-0.4, -0.2) is 56.1 Å². The van der Waals surface area contributed by atoms with E-state index in [0.29, 0.717) is 12.0 Å². The first-order valence-electron chi connectivity index (χ1n) is 7.76. The predicted octanol–water partition coefficient (Wildman–Crippen LogP) is 2.15. The molecule has 0 amide bonds. The number of benzene rings is 1.